The lowest BCUT2D eigenvalue weighted by molar-refractivity contribution is -0.139. The number of sulfonamides is 1. The summed E-state index contributed by atoms with van der Waals surface area (Å²) < 4.78 is 44.8. The Bertz CT molecular complexity index is 2530. The van der Waals surface area contributed by atoms with E-state index >= 15 is 0 Å². The second-order valence-corrected chi connectivity index (χ2v) is 21.0. The largest absolute Gasteiger partial charge is 0.496 e. The number of carbonyl (C=O) groups is 4. The van der Waals surface area contributed by atoms with Crippen molar-refractivity contribution in [3.63, 3.8) is 0 Å². The van der Waals surface area contributed by atoms with E-state index in [1.165, 1.54) is 16.2 Å². The highest BCUT2D eigenvalue weighted by Gasteiger charge is 2.43. The van der Waals surface area contributed by atoms with Crippen molar-refractivity contribution in [1.29, 1.82) is 0 Å². The molecule has 5 atom stereocenters. The second-order valence-electron chi connectivity index (χ2n) is 18.2. The lowest BCUT2D eigenvalue weighted by Gasteiger charge is -2.27. The molecule has 65 heavy (non-hydrogen) atoms. The number of thiazole rings is 1. The van der Waals surface area contributed by atoms with Gasteiger partial charge in [-0.1, -0.05) is 64.3 Å². The van der Waals surface area contributed by atoms with E-state index in [1.54, 1.807) is 13.2 Å². The van der Waals surface area contributed by atoms with Crippen molar-refractivity contribution in [2.24, 2.45) is 17.6 Å². The molecule has 0 radical (unpaired) electrons. The maximum atomic E-state index is 14.6. The number of hydrogen-bond acceptors (Lipinski definition) is 13. The van der Waals surface area contributed by atoms with Crippen LogP contribution in [0.25, 0.3) is 21.6 Å². The molecule has 2 saturated carbocycles. The van der Waals surface area contributed by atoms with Gasteiger partial charge < -0.3 is 29.9 Å². The van der Waals surface area contributed by atoms with Crippen molar-refractivity contribution < 1.29 is 41.6 Å². The number of ether oxygens (including phenoxy) is 2. The van der Waals surface area contributed by atoms with Crippen LogP contribution in [0.4, 0.5) is 0 Å². The van der Waals surface area contributed by atoms with Crippen LogP contribution >= 0.6 is 11.3 Å². The molecule has 3 fully saturated rings. The van der Waals surface area contributed by atoms with Gasteiger partial charge in [0.25, 0.3) is 5.91 Å². The van der Waals surface area contributed by atoms with Crippen LogP contribution in [0, 0.1) is 18.8 Å². The SMILES string of the molecule is COc1ccc2c(O[C@@H]3C[C@@H](C(N)=O)N(C(=O)[C@H](CCCCC/C=C\[C@@H]4CCCC4C(=O)NS(=O)(=O)C4CC4)NC(=O)c4cc(C(C)C)on4)C3)cc(-c3nc(C(C)C)cs3)nc2c1C. The maximum Gasteiger partial charge on any atom is 0.274 e. The monoisotopic (exact) mass is 931 g/mol. The molecule has 350 valence electrons. The quantitative estimate of drug-likeness (QED) is 0.0598. The summed E-state index contributed by atoms with van der Waals surface area (Å²) in [5.74, 6) is -0.587. The molecule has 1 aliphatic heterocycles. The minimum Gasteiger partial charge on any atom is -0.496 e. The number of primary amides is 1. The lowest BCUT2D eigenvalue weighted by Crippen LogP contribution is -2.53. The molecule has 0 spiro atoms. The molecule has 1 saturated heterocycles. The van der Waals surface area contributed by atoms with E-state index in [-0.39, 0.29) is 48.8 Å². The van der Waals surface area contributed by atoms with Crippen LogP contribution in [0.5, 0.6) is 11.5 Å². The first kappa shape index (κ1) is 47.6. The summed E-state index contributed by atoms with van der Waals surface area (Å²) >= 11 is 1.49. The molecule has 7 rings (SSSR count). The number of rotatable bonds is 20. The van der Waals surface area contributed by atoms with Crippen molar-refractivity contribution in [2.75, 3.05) is 13.7 Å². The molecule has 1 aromatic carbocycles. The Labute approximate surface area is 384 Å². The average Bonchev–Trinajstić information content (AvgIpc) is 3.66. The van der Waals surface area contributed by atoms with E-state index in [0.29, 0.717) is 54.2 Å². The van der Waals surface area contributed by atoms with Crippen LogP contribution in [-0.4, -0.2) is 89.2 Å². The number of carbonyl (C=O) groups excluding carboxylic acids is 4. The Morgan fingerprint density at radius 2 is 1.80 bits per heavy atom. The highest BCUT2D eigenvalue weighted by atomic mass is 32.2. The number of methoxy groups -OCH3 is 1. The molecule has 2 aliphatic carbocycles. The first-order valence-corrected chi connectivity index (χ1v) is 25.2. The van der Waals surface area contributed by atoms with Crippen LogP contribution in [0.2, 0.25) is 0 Å². The third-order valence-electron chi connectivity index (χ3n) is 12.7. The van der Waals surface area contributed by atoms with E-state index in [9.17, 15) is 27.6 Å². The molecule has 4 aromatic rings. The Kier molecular flexibility index (Phi) is 15.0. The fourth-order valence-corrected chi connectivity index (χ4v) is 11.0. The molecule has 0 bridgehead atoms. The Balaban J connectivity index is 1.04. The topological polar surface area (TPSA) is 226 Å². The van der Waals surface area contributed by atoms with Crippen LogP contribution in [0.15, 0.2) is 46.3 Å². The maximum absolute atomic E-state index is 14.6. The van der Waals surface area contributed by atoms with Crippen molar-refractivity contribution >= 4 is 55.9 Å². The number of pyridine rings is 1. The summed E-state index contributed by atoms with van der Waals surface area (Å²) in [5, 5.41) is 9.86. The Morgan fingerprint density at radius 1 is 1.02 bits per heavy atom. The second kappa shape index (κ2) is 20.4. The minimum absolute atomic E-state index is 0.00723. The molecule has 4 N–H and O–H groups in total. The third-order valence-corrected chi connectivity index (χ3v) is 15.4. The number of likely N-dealkylation sites (tertiary alicyclic amines) is 1. The number of aryl methyl sites for hydroxylation is 1. The highest BCUT2D eigenvalue weighted by Crippen LogP contribution is 2.39. The zero-order chi connectivity index (χ0) is 46.6. The molecule has 18 heteroatoms. The Hall–Kier alpha value is -5.36. The van der Waals surface area contributed by atoms with E-state index in [2.05, 4.69) is 29.0 Å². The number of nitrogens with one attached hydrogen (secondary N) is 2. The smallest absolute Gasteiger partial charge is 0.274 e. The van der Waals surface area contributed by atoms with Crippen molar-refractivity contribution in [3.05, 3.63) is 64.5 Å². The zero-order valence-corrected chi connectivity index (χ0v) is 39.6. The van der Waals surface area contributed by atoms with Gasteiger partial charge in [0, 0.05) is 46.7 Å². The molecule has 4 amide bonds. The number of nitrogens with two attached hydrogens (primary N) is 1. The number of allylic oxidation sites excluding steroid dienone is 2. The van der Waals surface area contributed by atoms with Crippen LogP contribution in [-0.2, 0) is 24.4 Å². The molecular weight excluding hydrogens is 871 g/mol. The van der Waals surface area contributed by atoms with E-state index < -0.39 is 57.1 Å². The minimum atomic E-state index is -3.59. The van der Waals surface area contributed by atoms with Gasteiger partial charge in [0.1, 0.15) is 46.1 Å². The standard InChI is InChI=1S/C47H61N7O9S2/c1-26(2)37-25-64-46(51-37)36-23-41(33-19-20-39(61-6)28(5)42(33)49-36)62-30-21-38(43(48)55)54(24-30)47(58)34(50-45(57)35-22-40(27(3)4)63-52-35)16-11-9-7-8-10-13-29-14-12-15-32(29)44(56)53-65(59,60)31-17-18-31/h10,13,19-20,22-23,25-27,29-32,34,38H,7-9,11-12,14-18,21,24H2,1-6H3,(H2,48,55)(H,50,57)(H,53,56)/b13-10-/t29-,30-,32?,34+,38+/m1/s1. The molecule has 16 nitrogen and oxygen atoms in total. The first-order valence-electron chi connectivity index (χ1n) is 22.7. The van der Waals surface area contributed by atoms with Gasteiger partial charge in [0.15, 0.2) is 5.69 Å². The summed E-state index contributed by atoms with van der Waals surface area (Å²) in [4.78, 5) is 65.3. The normalized spacial score (nSPS) is 20.5. The van der Waals surface area contributed by atoms with Gasteiger partial charge in [-0.25, -0.2) is 18.4 Å². The highest BCUT2D eigenvalue weighted by molar-refractivity contribution is 7.90. The third kappa shape index (κ3) is 11.2. The summed E-state index contributed by atoms with van der Waals surface area (Å²) in [5.41, 5.74) is 9.09. The number of hydrogen-bond donors (Lipinski definition) is 3. The number of benzene rings is 1. The lowest BCUT2D eigenvalue weighted by atomic mass is 9.94. The van der Waals surface area contributed by atoms with Gasteiger partial charge in [-0.15, -0.1) is 11.3 Å². The first-order chi connectivity index (χ1) is 31.0. The van der Waals surface area contributed by atoms with Gasteiger partial charge >= 0.3 is 0 Å². The van der Waals surface area contributed by atoms with Gasteiger partial charge in [-0.3, -0.25) is 23.9 Å². The van der Waals surface area contributed by atoms with Crippen LogP contribution in [0.1, 0.15) is 138 Å². The van der Waals surface area contributed by atoms with E-state index in [1.807, 2.05) is 56.5 Å². The van der Waals surface area contributed by atoms with E-state index in [4.69, 9.17) is 29.7 Å². The zero-order valence-electron chi connectivity index (χ0n) is 38.0. The van der Waals surface area contributed by atoms with Gasteiger partial charge in [0.2, 0.25) is 27.7 Å². The summed E-state index contributed by atoms with van der Waals surface area (Å²) in [6, 6.07) is 5.13. The summed E-state index contributed by atoms with van der Waals surface area (Å²) in [6.45, 7) is 9.97. The van der Waals surface area contributed by atoms with Crippen LogP contribution in [0.3, 0.4) is 0 Å². The van der Waals surface area contributed by atoms with Crippen molar-refractivity contribution in [3.8, 4) is 22.2 Å². The predicted octanol–water partition coefficient (Wildman–Crippen LogP) is 7.07. The van der Waals surface area contributed by atoms with Crippen LogP contribution < -0.4 is 25.2 Å². The van der Waals surface area contributed by atoms with Gasteiger partial charge in [-0.05, 0) is 75.8 Å². The molecular formula is C47H61N7O9S2. The fraction of sp³-hybridized carbons (Fsp3) is 0.553. The van der Waals surface area contributed by atoms with E-state index in [0.717, 1.165) is 53.8 Å². The van der Waals surface area contributed by atoms with Gasteiger partial charge in [0.05, 0.1) is 30.1 Å². The molecule has 1 unspecified atom stereocenters. The summed E-state index contributed by atoms with van der Waals surface area (Å²) in [7, 11) is -1.99. The number of aromatic nitrogens is 3. The average molecular weight is 932 g/mol. The van der Waals surface area contributed by atoms with Crippen molar-refractivity contribution in [2.45, 2.75) is 141 Å². The number of nitrogens with zero attached hydrogens (tertiary/aromatic N) is 4. The predicted molar refractivity (Wildman–Crippen MR) is 247 cm³/mol. The number of fused-ring (bicyclic) bond motifs is 1. The van der Waals surface area contributed by atoms with Gasteiger partial charge in [-0.2, -0.15) is 0 Å². The number of unbranched alkanes of at least 4 members (excludes halogenated alkanes) is 3. The fourth-order valence-electron chi connectivity index (χ4n) is 8.69. The number of amides is 4. The molecule has 3 aliphatic rings. The molecule has 4 heterocycles. The Morgan fingerprint density at radius 3 is 2.48 bits per heavy atom. The summed E-state index contributed by atoms with van der Waals surface area (Å²) in [6.07, 6.45) is 10.2. The molecule has 3 aromatic heterocycles. The van der Waals surface area contributed by atoms with Crippen molar-refractivity contribution in [1.82, 2.24) is 30.1 Å².